The molecule has 4 atom stereocenters. The van der Waals surface area contributed by atoms with Crippen molar-refractivity contribution in [1.29, 1.82) is 0 Å². The maximum absolute atomic E-state index is 11.8. The lowest BCUT2D eigenvalue weighted by Crippen LogP contribution is -2.52. The van der Waals surface area contributed by atoms with Gasteiger partial charge in [0, 0.05) is 11.5 Å². The third-order valence-corrected chi connectivity index (χ3v) is 5.99. The average molecular weight is 360 g/mol. The molecule has 0 saturated carbocycles. The molecule has 2 aliphatic heterocycles. The van der Waals surface area contributed by atoms with Crippen molar-refractivity contribution >= 4 is 5.97 Å². The summed E-state index contributed by atoms with van der Waals surface area (Å²) in [7, 11) is 0. The topological polar surface area (TPSA) is 55.8 Å². The van der Waals surface area contributed by atoms with Gasteiger partial charge >= 0.3 is 5.97 Å². The van der Waals surface area contributed by atoms with Crippen molar-refractivity contribution in [2.75, 3.05) is 0 Å². The maximum atomic E-state index is 11.8. The quantitative estimate of drug-likeness (QED) is 0.814. The van der Waals surface area contributed by atoms with Crippen LogP contribution in [0.15, 0.2) is 18.2 Å². The van der Waals surface area contributed by atoms with Crippen LogP contribution in [-0.4, -0.2) is 22.8 Å². The highest BCUT2D eigenvalue weighted by Gasteiger charge is 2.51. The molecular weight excluding hydrogens is 328 g/mol. The van der Waals surface area contributed by atoms with Crippen LogP contribution in [-0.2, 0) is 14.9 Å². The van der Waals surface area contributed by atoms with Crippen LogP contribution in [0, 0.1) is 11.8 Å². The molecule has 1 saturated heterocycles. The van der Waals surface area contributed by atoms with Gasteiger partial charge in [0.1, 0.15) is 11.4 Å². The fourth-order valence-corrected chi connectivity index (χ4v) is 4.36. The number of fused-ring (bicyclic) bond motifs is 3. The molecule has 0 unspecified atom stereocenters. The molecule has 0 spiro atoms. The van der Waals surface area contributed by atoms with E-state index in [0.29, 0.717) is 6.42 Å². The number of hydrogen-bond donors (Lipinski definition) is 1. The summed E-state index contributed by atoms with van der Waals surface area (Å²) < 4.78 is 12.8. The average Bonchev–Trinajstić information content (AvgIpc) is 2.52. The molecule has 1 fully saturated rings. The van der Waals surface area contributed by atoms with Gasteiger partial charge in [-0.05, 0) is 43.7 Å². The van der Waals surface area contributed by atoms with Crippen LogP contribution >= 0.6 is 0 Å². The summed E-state index contributed by atoms with van der Waals surface area (Å²) in [4.78, 5) is 11.8. The van der Waals surface area contributed by atoms with Gasteiger partial charge in [-0.15, -0.1) is 0 Å². The third kappa shape index (κ3) is 3.36. The molecule has 1 aromatic rings. The zero-order valence-corrected chi connectivity index (χ0v) is 16.8. The lowest BCUT2D eigenvalue weighted by molar-refractivity contribution is -0.188. The lowest BCUT2D eigenvalue weighted by Gasteiger charge is -2.50. The van der Waals surface area contributed by atoms with Gasteiger partial charge in [-0.2, -0.15) is 0 Å². The SMILES string of the molecule is CCC[C@H]1O[C@H]2c3ccc(C(C)(C)C)cc3OC(C)(C)[C@@H]2C[C@H]1C(=O)O. The summed E-state index contributed by atoms with van der Waals surface area (Å²) in [6.45, 7) is 12.8. The summed E-state index contributed by atoms with van der Waals surface area (Å²) in [5.74, 6) is -0.307. The van der Waals surface area contributed by atoms with Crippen molar-refractivity contribution < 1.29 is 19.4 Å². The lowest BCUT2D eigenvalue weighted by atomic mass is 9.71. The molecule has 2 aliphatic rings. The van der Waals surface area contributed by atoms with Gasteiger partial charge in [0.15, 0.2) is 0 Å². The minimum absolute atomic E-state index is 0.0321. The Hall–Kier alpha value is -1.55. The molecule has 4 nitrogen and oxygen atoms in total. The normalized spacial score (nSPS) is 30.1. The van der Waals surface area contributed by atoms with Gasteiger partial charge in [0.2, 0.25) is 0 Å². The van der Waals surface area contributed by atoms with Crippen LogP contribution in [0.25, 0.3) is 0 Å². The number of carbonyl (C=O) groups is 1. The van der Waals surface area contributed by atoms with Crippen molar-refractivity contribution in [3.05, 3.63) is 29.3 Å². The standard InChI is InChI=1S/C22H32O4/c1-7-8-17-15(20(23)24)12-16-19(25-17)14-10-9-13(21(2,3)4)11-18(14)26-22(16,5)6/h9-11,15-17,19H,7-8,12H2,1-6H3,(H,23,24)/t15-,16-,17-,19+/m1/s1. The van der Waals surface area contributed by atoms with E-state index in [2.05, 4.69) is 59.7 Å². The van der Waals surface area contributed by atoms with Crippen LogP contribution in [0.1, 0.15) is 78.0 Å². The van der Waals surface area contributed by atoms with E-state index in [1.54, 1.807) is 0 Å². The Morgan fingerprint density at radius 1 is 1.31 bits per heavy atom. The number of aliphatic carboxylic acids is 1. The molecule has 0 aliphatic carbocycles. The molecule has 1 aromatic carbocycles. The molecule has 3 rings (SSSR count). The van der Waals surface area contributed by atoms with E-state index >= 15 is 0 Å². The van der Waals surface area contributed by atoms with Crippen LogP contribution in [0.3, 0.4) is 0 Å². The van der Waals surface area contributed by atoms with Crippen molar-refractivity contribution in [1.82, 2.24) is 0 Å². The summed E-state index contributed by atoms with van der Waals surface area (Å²) in [6, 6.07) is 6.40. The Balaban J connectivity index is 2.01. The predicted molar refractivity (Wildman–Crippen MR) is 102 cm³/mol. The predicted octanol–water partition coefficient (Wildman–Crippen LogP) is 5.10. The number of carboxylic acid groups (broad SMARTS) is 1. The first-order valence-corrected chi connectivity index (χ1v) is 9.76. The minimum atomic E-state index is -0.758. The Kier molecular flexibility index (Phi) is 4.85. The molecule has 1 N–H and O–H groups in total. The van der Waals surface area contributed by atoms with E-state index in [-0.39, 0.29) is 23.5 Å². The summed E-state index contributed by atoms with van der Waals surface area (Å²) in [5.41, 5.74) is 1.88. The Bertz CT molecular complexity index is 686. The number of carboxylic acids is 1. The number of hydrogen-bond acceptors (Lipinski definition) is 3. The first-order valence-electron chi connectivity index (χ1n) is 9.76. The molecular formula is C22H32O4. The van der Waals surface area contributed by atoms with Gasteiger partial charge in [-0.3, -0.25) is 4.79 Å². The molecule has 4 heteroatoms. The highest BCUT2D eigenvalue weighted by molar-refractivity contribution is 5.71. The largest absolute Gasteiger partial charge is 0.487 e. The van der Waals surface area contributed by atoms with E-state index < -0.39 is 17.5 Å². The summed E-state index contributed by atoms with van der Waals surface area (Å²) in [6.07, 6.45) is 1.95. The van der Waals surface area contributed by atoms with Crippen molar-refractivity contribution in [3.63, 3.8) is 0 Å². The van der Waals surface area contributed by atoms with Crippen molar-refractivity contribution in [3.8, 4) is 5.75 Å². The van der Waals surface area contributed by atoms with Gasteiger partial charge in [0.05, 0.1) is 18.1 Å². The van der Waals surface area contributed by atoms with E-state index in [1.807, 2.05) is 0 Å². The highest BCUT2D eigenvalue weighted by Crippen LogP contribution is 2.53. The first kappa shape index (κ1) is 19.2. The van der Waals surface area contributed by atoms with Crippen LogP contribution in [0.5, 0.6) is 5.75 Å². The zero-order valence-electron chi connectivity index (χ0n) is 16.8. The maximum Gasteiger partial charge on any atom is 0.309 e. The molecule has 0 aromatic heterocycles. The van der Waals surface area contributed by atoms with Crippen LogP contribution in [0.4, 0.5) is 0 Å². The summed E-state index contributed by atoms with van der Waals surface area (Å²) in [5, 5.41) is 9.70. The zero-order chi connectivity index (χ0) is 19.3. The van der Waals surface area contributed by atoms with Gasteiger partial charge in [0.25, 0.3) is 0 Å². The van der Waals surface area contributed by atoms with E-state index in [9.17, 15) is 9.90 Å². The monoisotopic (exact) mass is 360 g/mol. The Labute approximate surface area is 156 Å². The molecule has 2 heterocycles. The van der Waals surface area contributed by atoms with Gasteiger partial charge in [-0.1, -0.05) is 46.2 Å². The number of rotatable bonds is 3. The molecule has 0 radical (unpaired) electrons. The second kappa shape index (κ2) is 6.56. The van der Waals surface area contributed by atoms with Gasteiger partial charge < -0.3 is 14.6 Å². The molecule has 0 amide bonds. The van der Waals surface area contributed by atoms with Crippen molar-refractivity contribution in [2.24, 2.45) is 11.8 Å². The Morgan fingerprint density at radius 2 is 2.00 bits per heavy atom. The highest BCUT2D eigenvalue weighted by atomic mass is 16.5. The fraction of sp³-hybridized carbons (Fsp3) is 0.682. The van der Waals surface area contributed by atoms with E-state index in [1.165, 1.54) is 5.56 Å². The van der Waals surface area contributed by atoms with Crippen LogP contribution in [0.2, 0.25) is 0 Å². The number of ether oxygens (including phenoxy) is 2. The molecule has 26 heavy (non-hydrogen) atoms. The van der Waals surface area contributed by atoms with E-state index in [4.69, 9.17) is 9.47 Å². The van der Waals surface area contributed by atoms with Gasteiger partial charge in [-0.25, -0.2) is 0 Å². The minimum Gasteiger partial charge on any atom is -0.487 e. The van der Waals surface area contributed by atoms with Crippen molar-refractivity contribution in [2.45, 2.75) is 84.0 Å². The van der Waals surface area contributed by atoms with E-state index in [0.717, 1.165) is 24.2 Å². The summed E-state index contributed by atoms with van der Waals surface area (Å²) >= 11 is 0. The second-order valence-corrected chi connectivity index (χ2v) is 9.38. The third-order valence-electron chi connectivity index (χ3n) is 5.99. The fourth-order valence-electron chi connectivity index (χ4n) is 4.36. The number of benzene rings is 1. The Morgan fingerprint density at radius 3 is 2.58 bits per heavy atom. The molecule has 144 valence electrons. The smallest absolute Gasteiger partial charge is 0.309 e. The second-order valence-electron chi connectivity index (χ2n) is 9.38. The van der Waals surface area contributed by atoms with Crippen LogP contribution < -0.4 is 4.74 Å². The first-order chi connectivity index (χ1) is 12.0. The molecule has 0 bridgehead atoms.